The average molecular weight is 282 g/mol. The van der Waals surface area contributed by atoms with Crippen molar-refractivity contribution in [1.82, 2.24) is 9.97 Å². The summed E-state index contributed by atoms with van der Waals surface area (Å²) < 4.78 is 0. The highest BCUT2D eigenvalue weighted by atomic mass is 15.0. The maximum Gasteiger partial charge on any atom is 0.150 e. The van der Waals surface area contributed by atoms with Gasteiger partial charge in [-0.25, -0.2) is 4.98 Å². The lowest BCUT2D eigenvalue weighted by Crippen LogP contribution is -2.23. The summed E-state index contributed by atoms with van der Waals surface area (Å²) in [5, 5.41) is 3.52. The zero-order chi connectivity index (χ0) is 14.7. The van der Waals surface area contributed by atoms with Gasteiger partial charge < -0.3 is 11.1 Å². The number of aromatic nitrogens is 2. The first kappa shape index (κ1) is 13.9. The Morgan fingerprint density at radius 1 is 1.14 bits per heavy atom. The molecule has 0 spiro atoms. The molecule has 2 heterocycles. The second kappa shape index (κ2) is 6.12. The molecule has 4 nitrogen and oxygen atoms in total. The molecule has 0 bridgehead atoms. The van der Waals surface area contributed by atoms with Crippen molar-refractivity contribution in [3.63, 3.8) is 0 Å². The minimum Gasteiger partial charge on any atom is -0.396 e. The third-order valence-electron chi connectivity index (χ3n) is 4.04. The lowest BCUT2D eigenvalue weighted by Gasteiger charge is -2.24. The van der Waals surface area contributed by atoms with Gasteiger partial charge in [0.05, 0.1) is 11.4 Å². The van der Waals surface area contributed by atoms with Crippen LogP contribution in [0.4, 0.5) is 11.5 Å². The second-order valence-electron chi connectivity index (χ2n) is 5.86. The fraction of sp³-hybridized carbons (Fsp3) is 0.412. The van der Waals surface area contributed by atoms with Gasteiger partial charge in [-0.2, -0.15) is 0 Å². The van der Waals surface area contributed by atoms with Gasteiger partial charge >= 0.3 is 0 Å². The van der Waals surface area contributed by atoms with Gasteiger partial charge in [-0.05, 0) is 43.5 Å². The standard InChI is InChI=1S/C17H22N4/c1-12-9-13(11-19-10-12)16-8-7-15(18)17(21-16)20-14-5-3-2-4-6-14/h7-11,14H,2-6,18H2,1H3,(H,20,21). The van der Waals surface area contributed by atoms with E-state index in [4.69, 9.17) is 10.7 Å². The van der Waals surface area contributed by atoms with Crippen LogP contribution in [0, 0.1) is 6.92 Å². The van der Waals surface area contributed by atoms with Gasteiger partial charge in [0.2, 0.25) is 0 Å². The number of nitrogens with one attached hydrogen (secondary N) is 1. The van der Waals surface area contributed by atoms with E-state index < -0.39 is 0 Å². The molecule has 0 aromatic carbocycles. The fourth-order valence-electron chi connectivity index (χ4n) is 2.88. The maximum atomic E-state index is 6.07. The summed E-state index contributed by atoms with van der Waals surface area (Å²) in [6.45, 7) is 2.04. The number of aryl methyl sites for hydroxylation is 1. The first-order valence-electron chi connectivity index (χ1n) is 7.67. The quantitative estimate of drug-likeness (QED) is 0.899. The van der Waals surface area contributed by atoms with Crippen LogP contribution in [0.25, 0.3) is 11.3 Å². The van der Waals surface area contributed by atoms with Gasteiger partial charge in [0.15, 0.2) is 0 Å². The van der Waals surface area contributed by atoms with Gasteiger partial charge in [0.25, 0.3) is 0 Å². The minimum absolute atomic E-state index is 0.499. The van der Waals surface area contributed by atoms with Crippen molar-refractivity contribution in [2.24, 2.45) is 0 Å². The van der Waals surface area contributed by atoms with E-state index in [9.17, 15) is 0 Å². The minimum atomic E-state index is 0.499. The molecule has 2 aromatic heterocycles. The highest BCUT2D eigenvalue weighted by molar-refractivity contribution is 5.69. The van der Waals surface area contributed by atoms with E-state index in [1.807, 2.05) is 31.5 Å². The monoisotopic (exact) mass is 282 g/mol. The van der Waals surface area contributed by atoms with E-state index in [2.05, 4.69) is 16.4 Å². The molecule has 0 unspecified atom stereocenters. The number of nitrogens with two attached hydrogens (primary N) is 1. The summed E-state index contributed by atoms with van der Waals surface area (Å²) >= 11 is 0. The zero-order valence-corrected chi connectivity index (χ0v) is 12.5. The predicted molar refractivity (Wildman–Crippen MR) is 87.1 cm³/mol. The number of hydrogen-bond donors (Lipinski definition) is 2. The van der Waals surface area contributed by atoms with Gasteiger partial charge in [0, 0.05) is 24.0 Å². The number of anilines is 2. The van der Waals surface area contributed by atoms with E-state index in [0.29, 0.717) is 11.7 Å². The molecule has 1 aliphatic carbocycles. The summed E-state index contributed by atoms with van der Waals surface area (Å²) in [5.41, 5.74) is 9.86. The first-order valence-corrected chi connectivity index (χ1v) is 7.67. The molecule has 4 heteroatoms. The highest BCUT2D eigenvalue weighted by Gasteiger charge is 2.15. The number of hydrogen-bond acceptors (Lipinski definition) is 4. The molecule has 1 fully saturated rings. The van der Waals surface area contributed by atoms with E-state index in [1.165, 1.54) is 32.1 Å². The van der Waals surface area contributed by atoms with Crippen LogP contribution in [0.15, 0.2) is 30.6 Å². The number of rotatable bonds is 3. The molecule has 3 rings (SSSR count). The Kier molecular flexibility index (Phi) is 4.04. The van der Waals surface area contributed by atoms with Gasteiger partial charge in [-0.1, -0.05) is 19.3 Å². The summed E-state index contributed by atoms with van der Waals surface area (Å²) in [6, 6.07) is 6.48. The van der Waals surface area contributed by atoms with Crippen molar-refractivity contribution in [2.75, 3.05) is 11.1 Å². The summed E-state index contributed by atoms with van der Waals surface area (Å²) in [6.07, 6.45) is 10.0. The number of nitrogens with zero attached hydrogens (tertiary/aromatic N) is 2. The Morgan fingerprint density at radius 2 is 1.95 bits per heavy atom. The molecule has 21 heavy (non-hydrogen) atoms. The second-order valence-corrected chi connectivity index (χ2v) is 5.86. The van der Waals surface area contributed by atoms with Crippen molar-refractivity contribution >= 4 is 11.5 Å². The molecule has 3 N–H and O–H groups in total. The van der Waals surface area contributed by atoms with Crippen LogP contribution in [0.3, 0.4) is 0 Å². The first-order chi connectivity index (χ1) is 10.2. The Morgan fingerprint density at radius 3 is 2.71 bits per heavy atom. The molecular formula is C17H22N4. The predicted octanol–water partition coefficient (Wildman–Crippen LogP) is 3.78. The fourth-order valence-corrected chi connectivity index (χ4v) is 2.88. The normalized spacial score (nSPS) is 15.9. The smallest absolute Gasteiger partial charge is 0.150 e. The van der Waals surface area contributed by atoms with Gasteiger partial charge in [-0.15, -0.1) is 0 Å². The summed E-state index contributed by atoms with van der Waals surface area (Å²) in [5.74, 6) is 0.806. The molecule has 0 aliphatic heterocycles. The molecule has 0 radical (unpaired) electrons. The molecule has 110 valence electrons. The zero-order valence-electron chi connectivity index (χ0n) is 12.5. The lowest BCUT2D eigenvalue weighted by molar-refractivity contribution is 0.462. The number of pyridine rings is 2. The summed E-state index contributed by atoms with van der Waals surface area (Å²) in [7, 11) is 0. The van der Waals surface area contributed by atoms with Crippen LogP contribution in [0.5, 0.6) is 0 Å². The van der Waals surface area contributed by atoms with Crippen LogP contribution in [0.1, 0.15) is 37.7 Å². The third kappa shape index (κ3) is 3.32. The van der Waals surface area contributed by atoms with Crippen LogP contribution < -0.4 is 11.1 Å². The van der Waals surface area contributed by atoms with Gasteiger partial charge in [-0.3, -0.25) is 4.98 Å². The van der Waals surface area contributed by atoms with Crippen molar-refractivity contribution in [2.45, 2.75) is 45.1 Å². The van der Waals surface area contributed by atoms with Crippen molar-refractivity contribution in [3.05, 3.63) is 36.2 Å². The van der Waals surface area contributed by atoms with Crippen molar-refractivity contribution < 1.29 is 0 Å². The molecule has 0 saturated heterocycles. The van der Waals surface area contributed by atoms with E-state index in [-0.39, 0.29) is 0 Å². The van der Waals surface area contributed by atoms with Crippen molar-refractivity contribution in [1.29, 1.82) is 0 Å². The Hall–Kier alpha value is -2.10. The summed E-state index contributed by atoms with van der Waals surface area (Å²) in [4.78, 5) is 8.94. The number of nitrogen functional groups attached to an aromatic ring is 1. The Labute approximate surface area is 125 Å². The lowest BCUT2D eigenvalue weighted by atomic mass is 9.95. The van der Waals surface area contributed by atoms with Gasteiger partial charge in [0.1, 0.15) is 5.82 Å². The topological polar surface area (TPSA) is 63.8 Å². The molecular weight excluding hydrogens is 260 g/mol. The maximum absolute atomic E-state index is 6.07. The van der Waals surface area contributed by atoms with Crippen LogP contribution >= 0.6 is 0 Å². The molecule has 2 aromatic rings. The van der Waals surface area contributed by atoms with Crippen molar-refractivity contribution in [3.8, 4) is 11.3 Å². The molecule has 0 amide bonds. The van der Waals surface area contributed by atoms with Crippen LogP contribution in [-0.4, -0.2) is 16.0 Å². The van der Waals surface area contributed by atoms with Crippen LogP contribution in [0.2, 0.25) is 0 Å². The SMILES string of the molecule is Cc1cncc(-c2ccc(N)c(NC3CCCCC3)n2)c1. The van der Waals surface area contributed by atoms with E-state index in [0.717, 1.165) is 22.6 Å². The molecule has 1 saturated carbocycles. The molecule has 0 atom stereocenters. The largest absolute Gasteiger partial charge is 0.396 e. The Bertz CT molecular complexity index is 618. The van der Waals surface area contributed by atoms with E-state index in [1.54, 1.807) is 0 Å². The van der Waals surface area contributed by atoms with Crippen LogP contribution in [-0.2, 0) is 0 Å². The average Bonchev–Trinajstić information content (AvgIpc) is 2.50. The third-order valence-corrected chi connectivity index (χ3v) is 4.04. The molecule has 1 aliphatic rings. The van der Waals surface area contributed by atoms with E-state index >= 15 is 0 Å². The Balaban J connectivity index is 1.85. The highest BCUT2D eigenvalue weighted by Crippen LogP contribution is 2.26.